The van der Waals surface area contributed by atoms with Gasteiger partial charge in [0.05, 0.1) is 5.69 Å². The molecule has 1 aliphatic carbocycles. The van der Waals surface area contributed by atoms with Crippen molar-refractivity contribution in [1.29, 1.82) is 0 Å². The lowest BCUT2D eigenvalue weighted by atomic mass is 10.1. The standard InChI is InChI=1S/C22H24N2OS/c1-2-7-18-17-10-5-6-11-20(17)26-21-13-12-15(14-19(21)24-18)22(25)23-16-8-3-4-9-16/h5-6,10-14,16H,2-4,7-9H2,1H3,(H,23,25). The van der Waals surface area contributed by atoms with Gasteiger partial charge >= 0.3 is 0 Å². The van der Waals surface area contributed by atoms with Crippen LogP contribution in [-0.2, 0) is 0 Å². The highest BCUT2D eigenvalue weighted by molar-refractivity contribution is 7.99. The molecule has 4 rings (SSSR count). The Bertz CT molecular complexity index is 853. The Balaban J connectivity index is 1.67. The van der Waals surface area contributed by atoms with Gasteiger partial charge in [0.15, 0.2) is 0 Å². The lowest BCUT2D eigenvalue weighted by molar-refractivity contribution is 0.0938. The quantitative estimate of drug-likeness (QED) is 0.751. The van der Waals surface area contributed by atoms with Crippen molar-refractivity contribution in [1.82, 2.24) is 5.32 Å². The van der Waals surface area contributed by atoms with E-state index in [-0.39, 0.29) is 5.91 Å². The zero-order chi connectivity index (χ0) is 17.9. The summed E-state index contributed by atoms with van der Waals surface area (Å²) in [6.45, 7) is 2.18. The molecule has 0 bridgehead atoms. The van der Waals surface area contributed by atoms with Crippen LogP contribution < -0.4 is 5.32 Å². The van der Waals surface area contributed by atoms with Gasteiger partial charge in [-0.1, -0.05) is 56.1 Å². The van der Waals surface area contributed by atoms with Gasteiger partial charge in [-0.2, -0.15) is 0 Å². The van der Waals surface area contributed by atoms with Gasteiger partial charge in [0.25, 0.3) is 5.91 Å². The molecule has 3 nitrogen and oxygen atoms in total. The van der Waals surface area contributed by atoms with E-state index in [0.29, 0.717) is 11.6 Å². The van der Waals surface area contributed by atoms with Crippen LogP contribution in [0.1, 0.15) is 61.4 Å². The zero-order valence-corrected chi connectivity index (χ0v) is 15.9. The molecule has 0 spiro atoms. The average Bonchev–Trinajstić information content (AvgIpc) is 3.10. The average molecular weight is 365 g/mol. The van der Waals surface area contributed by atoms with Gasteiger partial charge in [-0.25, -0.2) is 0 Å². The third kappa shape index (κ3) is 3.56. The summed E-state index contributed by atoms with van der Waals surface area (Å²) in [5.74, 6) is 0.0266. The molecule has 0 aromatic heterocycles. The molecule has 2 aliphatic rings. The van der Waals surface area contributed by atoms with Crippen LogP contribution in [0.5, 0.6) is 0 Å². The van der Waals surface area contributed by atoms with E-state index in [4.69, 9.17) is 4.99 Å². The lowest BCUT2D eigenvalue weighted by Gasteiger charge is -2.12. The molecule has 1 heterocycles. The molecule has 26 heavy (non-hydrogen) atoms. The SMILES string of the molecule is CCCC1=Nc2cc(C(=O)NC3CCCC3)ccc2Sc2ccccc21. The second kappa shape index (κ2) is 7.67. The summed E-state index contributed by atoms with van der Waals surface area (Å²) >= 11 is 1.74. The highest BCUT2D eigenvalue weighted by Crippen LogP contribution is 2.41. The van der Waals surface area contributed by atoms with E-state index < -0.39 is 0 Å². The Morgan fingerprint density at radius 2 is 1.96 bits per heavy atom. The maximum atomic E-state index is 12.6. The van der Waals surface area contributed by atoms with Crippen LogP contribution in [0.25, 0.3) is 0 Å². The number of carbonyl (C=O) groups excluding carboxylic acids is 1. The fourth-order valence-electron chi connectivity index (χ4n) is 3.72. The minimum absolute atomic E-state index is 0.0266. The lowest BCUT2D eigenvalue weighted by Crippen LogP contribution is -2.32. The van der Waals surface area contributed by atoms with E-state index >= 15 is 0 Å². The van der Waals surface area contributed by atoms with Crippen molar-refractivity contribution in [3.8, 4) is 0 Å². The number of nitrogens with one attached hydrogen (secondary N) is 1. The molecule has 2 aromatic rings. The van der Waals surface area contributed by atoms with Crippen LogP contribution in [0.15, 0.2) is 57.2 Å². The van der Waals surface area contributed by atoms with E-state index in [2.05, 4.69) is 36.5 Å². The highest BCUT2D eigenvalue weighted by atomic mass is 32.2. The van der Waals surface area contributed by atoms with Gasteiger partial charge in [0, 0.05) is 32.7 Å². The molecule has 0 radical (unpaired) electrons. The second-order valence-corrected chi connectivity index (χ2v) is 8.13. The molecule has 1 amide bonds. The first-order chi connectivity index (χ1) is 12.7. The predicted molar refractivity (Wildman–Crippen MR) is 108 cm³/mol. The number of rotatable bonds is 4. The van der Waals surface area contributed by atoms with Crippen LogP contribution in [-0.4, -0.2) is 17.7 Å². The van der Waals surface area contributed by atoms with Crippen molar-refractivity contribution < 1.29 is 4.79 Å². The Labute approximate surface area is 159 Å². The topological polar surface area (TPSA) is 41.5 Å². The first kappa shape index (κ1) is 17.3. The van der Waals surface area contributed by atoms with Crippen LogP contribution in [0.3, 0.4) is 0 Å². The van der Waals surface area contributed by atoms with Gasteiger partial charge in [-0.05, 0) is 43.5 Å². The minimum atomic E-state index is 0.0266. The summed E-state index contributed by atoms with van der Waals surface area (Å²) in [4.78, 5) is 19.9. The van der Waals surface area contributed by atoms with Gasteiger partial charge in [0.1, 0.15) is 0 Å². The smallest absolute Gasteiger partial charge is 0.251 e. The highest BCUT2D eigenvalue weighted by Gasteiger charge is 2.20. The van der Waals surface area contributed by atoms with Crippen molar-refractivity contribution in [3.63, 3.8) is 0 Å². The molecule has 1 fully saturated rings. The summed E-state index contributed by atoms with van der Waals surface area (Å²) in [6, 6.07) is 14.7. The Hall–Kier alpha value is -2.07. The molecule has 1 N–H and O–H groups in total. The van der Waals surface area contributed by atoms with Crippen LogP contribution in [0.2, 0.25) is 0 Å². The van der Waals surface area contributed by atoms with Crippen LogP contribution in [0, 0.1) is 0 Å². The molecule has 4 heteroatoms. The Morgan fingerprint density at radius 1 is 1.15 bits per heavy atom. The molecule has 0 atom stereocenters. The van der Waals surface area contributed by atoms with E-state index in [9.17, 15) is 4.79 Å². The number of nitrogens with zero attached hydrogens (tertiary/aromatic N) is 1. The number of amides is 1. The van der Waals surface area contributed by atoms with E-state index in [0.717, 1.165) is 42.0 Å². The number of fused-ring (bicyclic) bond motifs is 2. The number of hydrogen-bond acceptors (Lipinski definition) is 3. The first-order valence-corrected chi connectivity index (χ1v) is 10.4. The first-order valence-electron chi connectivity index (χ1n) is 9.54. The van der Waals surface area contributed by atoms with Crippen molar-refractivity contribution in [2.75, 3.05) is 0 Å². The van der Waals surface area contributed by atoms with Gasteiger partial charge in [0.2, 0.25) is 0 Å². The fraction of sp³-hybridized carbons (Fsp3) is 0.364. The number of benzene rings is 2. The third-order valence-electron chi connectivity index (χ3n) is 5.07. The van der Waals surface area contributed by atoms with Crippen molar-refractivity contribution in [2.45, 2.75) is 61.3 Å². The maximum absolute atomic E-state index is 12.6. The van der Waals surface area contributed by atoms with Gasteiger partial charge in [-0.15, -0.1) is 0 Å². The summed E-state index contributed by atoms with van der Waals surface area (Å²) in [7, 11) is 0. The molecular weight excluding hydrogens is 340 g/mol. The minimum Gasteiger partial charge on any atom is -0.349 e. The Kier molecular flexibility index (Phi) is 5.11. The summed E-state index contributed by atoms with van der Waals surface area (Å²) < 4.78 is 0. The molecular formula is C22H24N2OS. The maximum Gasteiger partial charge on any atom is 0.251 e. The predicted octanol–water partition coefficient (Wildman–Crippen LogP) is 5.74. The zero-order valence-electron chi connectivity index (χ0n) is 15.1. The normalized spacial score (nSPS) is 16.4. The van der Waals surface area contributed by atoms with Gasteiger partial charge in [-0.3, -0.25) is 9.79 Å². The van der Waals surface area contributed by atoms with Crippen LogP contribution >= 0.6 is 11.8 Å². The third-order valence-corrected chi connectivity index (χ3v) is 6.21. The van der Waals surface area contributed by atoms with Crippen molar-refractivity contribution in [3.05, 3.63) is 53.6 Å². The van der Waals surface area contributed by atoms with Crippen molar-refractivity contribution >= 4 is 29.1 Å². The molecule has 2 aromatic carbocycles. The Morgan fingerprint density at radius 3 is 2.77 bits per heavy atom. The molecule has 0 saturated heterocycles. The molecule has 1 saturated carbocycles. The van der Waals surface area contributed by atoms with E-state index in [1.54, 1.807) is 11.8 Å². The monoisotopic (exact) mass is 364 g/mol. The van der Waals surface area contributed by atoms with E-state index in [1.807, 2.05) is 18.2 Å². The fourth-order valence-corrected chi connectivity index (χ4v) is 4.74. The van der Waals surface area contributed by atoms with Crippen LogP contribution in [0.4, 0.5) is 5.69 Å². The summed E-state index contributed by atoms with van der Waals surface area (Å²) in [5, 5.41) is 3.18. The van der Waals surface area contributed by atoms with Gasteiger partial charge < -0.3 is 5.32 Å². The summed E-state index contributed by atoms with van der Waals surface area (Å²) in [6.07, 6.45) is 6.62. The molecule has 1 aliphatic heterocycles. The van der Waals surface area contributed by atoms with E-state index in [1.165, 1.54) is 23.3 Å². The molecule has 134 valence electrons. The van der Waals surface area contributed by atoms with Crippen molar-refractivity contribution in [2.24, 2.45) is 4.99 Å². The summed E-state index contributed by atoms with van der Waals surface area (Å²) in [5.41, 5.74) is 3.95. The number of aliphatic imine (C=N–C) groups is 1. The number of carbonyl (C=O) groups is 1. The molecule has 0 unspecified atom stereocenters. The largest absolute Gasteiger partial charge is 0.349 e. The number of hydrogen-bond donors (Lipinski definition) is 1. The second-order valence-electron chi connectivity index (χ2n) is 7.04.